The minimum absolute atomic E-state index is 0.0293. The molecule has 0 spiro atoms. The zero-order valence-corrected chi connectivity index (χ0v) is 13.0. The molecule has 0 amide bonds. The second kappa shape index (κ2) is 6.61. The average Bonchev–Trinajstić information content (AvgIpc) is 2.84. The van der Waals surface area contributed by atoms with E-state index >= 15 is 0 Å². The summed E-state index contributed by atoms with van der Waals surface area (Å²) in [7, 11) is 0. The van der Waals surface area contributed by atoms with E-state index in [2.05, 4.69) is 40.4 Å². The molecule has 0 aliphatic heterocycles. The molecule has 0 fully saturated rings. The van der Waals surface area contributed by atoms with Gasteiger partial charge in [-0.15, -0.1) is 11.3 Å². The summed E-state index contributed by atoms with van der Waals surface area (Å²) in [4.78, 5) is 2.64. The third kappa shape index (κ3) is 3.63. The van der Waals surface area contributed by atoms with Crippen LogP contribution in [0.2, 0.25) is 0 Å². The van der Waals surface area contributed by atoms with Gasteiger partial charge in [0.1, 0.15) is 5.82 Å². The molecular weight excluding hydrogens is 327 g/mol. The van der Waals surface area contributed by atoms with Gasteiger partial charge in [0.05, 0.1) is 6.04 Å². The molecule has 1 aromatic heterocycles. The molecule has 1 atom stereocenters. The van der Waals surface area contributed by atoms with Gasteiger partial charge < -0.3 is 0 Å². The maximum Gasteiger partial charge on any atom is 0.124 e. The van der Waals surface area contributed by atoms with Gasteiger partial charge in [0, 0.05) is 20.6 Å². The van der Waals surface area contributed by atoms with Gasteiger partial charge >= 0.3 is 0 Å². The normalized spacial score (nSPS) is 12.6. The predicted octanol–water partition coefficient (Wildman–Crippen LogP) is 3.96. The van der Waals surface area contributed by atoms with Crippen molar-refractivity contribution in [1.82, 2.24) is 5.43 Å². The largest absolute Gasteiger partial charge is 0.271 e. The van der Waals surface area contributed by atoms with Gasteiger partial charge in [0.2, 0.25) is 0 Å². The van der Waals surface area contributed by atoms with Crippen molar-refractivity contribution in [3.8, 4) is 0 Å². The summed E-state index contributed by atoms with van der Waals surface area (Å²) in [6, 6.07) is 8.93. The lowest BCUT2D eigenvalue weighted by Gasteiger charge is -2.17. The molecule has 102 valence electrons. The number of halogens is 2. The Morgan fingerprint density at radius 1 is 1.32 bits per heavy atom. The van der Waals surface area contributed by atoms with E-state index in [4.69, 9.17) is 5.84 Å². The van der Waals surface area contributed by atoms with Crippen LogP contribution in [0.15, 0.2) is 34.8 Å². The molecule has 2 aromatic rings. The Morgan fingerprint density at radius 2 is 2.05 bits per heavy atom. The van der Waals surface area contributed by atoms with E-state index in [1.807, 2.05) is 0 Å². The molecule has 0 aliphatic rings. The van der Waals surface area contributed by atoms with Crippen molar-refractivity contribution in [2.45, 2.75) is 25.8 Å². The van der Waals surface area contributed by atoms with Gasteiger partial charge in [-0.3, -0.25) is 11.3 Å². The van der Waals surface area contributed by atoms with E-state index in [-0.39, 0.29) is 11.9 Å². The molecule has 2 nitrogen and oxygen atoms in total. The van der Waals surface area contributed by atoms with Crippen LogP contribution in [0.5, 0.6) is 0 Å². The minimum Gasteiger partial charge on any atom is -0.271 e. The van der Waals surface area contributed by atoms with Crippen LogP contribution in [0.1, 0.15) is 28.3 Å². The van der Waals surface area contributed by atoms with Crippen molar-refractivity contribution >= 4 is 27.3 Å². The predicted molar refractivity (Wildman–Crippen MR) is 81.6 cm³/mol. The number of thiophene rings is 1. The zero-order chi connectivity index (χ0) is 13.8. The summed E-state index contributed by atoms with van der Waals surface area (Å²) < 4.78 is 13.8. The highest BCUT2D eigenvalue weighted by Gasteiger charge is 2.15. The van der Waals surface area contributed by atoms with Crippen LogP contribution in [0.25, 0.3) is 0 Å². The highest BCUT2D eigenvalue weighted by Crippen LogP contribution is 2.28. The van der Waals surface area contributed by atoms with Crippen molar-refractivity contribution < 1.29 is 4.39 Å². The number of hydrazine groups is 1. The SMILES string of the molecule is CCc1ccc(CC(NN)c2ccc(F)cc2Br)s1. The number of hydrogen-bond acceptors (Lipinski definition) is 3. The number of hydrogen-bond donors (Lipinski definition) is 2. The van der Waals surface area contributed by atoms with Crippen molar-refractivity contribution in [3.05, 3.63) is 55.9 Å². The molecule has 3 N–H and O–H groups in total. The Bertz CT molecular complexity index is 556. The Labute approximate surface area is 124 Å². The standard InChI is InChI=1S/C14H16BrFN2S/c1-2-10-4-5-11(19-10)8-14(18-17)12-6-3-9(16)7-13(12)15/h3-7,14,18H,2,8,17H2,1H3. The summed E-state index contributed by atoms with van der Waals surface area (Å²) in [6.07, 6.45) is 1.84. The van der Waals surface area contributed by atoms with E-state index in [1.165, 1.54) is 21.9 Å². The van der Waals surface area contributed by atoms with Gasteiger partial charge in [-0.1, -0.05) is 28.9 Å². The minimum atomic E-state index is -0.254. The molecule has 5 heteroatoms. The fourth-order valence-electron chi connectivity index (χ4n) is 1.97. The number of rotatable bonds is 5. The van der Waals surface area contributed by atoms with Gasteiger partial charge in [-0.2, -0.15) is 0 Å². The highest BCUT2D eigenvalue weighted by atomic mass is 79.9. The number of aryl methyl sites for hydroxylation is 1. The summed E-state index contributed by atoms with van der Waals surface area (Å²) >= 11 is 5.18. The van der Waals surface area contributed by atoms with Crippen LogP contribution >= 0.6 is 27.3 Å². The topological polar surface area (TPSA) is 38.0 Å². The fraction of sp³-hybridized carbons (Fsp3) is 0.286. The number of nitrogens with two attached hydrogens (primary N) is 1. The second-order valence-electron chi connectivity index (χ2n) is 4.31. The molecule has 2 rings (SSSR count). The van der Waals surface area contributed by atoms with Gasteiger partial charge in [0.15, 0.2) is 0 Å². The number of benzene rings is 1. The van der Waals surface area contributed by atoms with E-state index < -0.39 is 0 Å². The van der Waals surface area contributed by atoms with Crippen molar-refractivity contribution in [2.75, 3.05) is 0 Å². The highest BCUT2D eigenvalue weighted by molar-refractivity contribution is 9.10. The number of nitrogens with one attached hydrogen (secondary N) is 1. The maximum atomic E-state index is 13.1. The summed E-state index contributed by atoms with van der Waals surface area (Å²) in [5.74, 6) is 5.39. The first-order valence-corrected chi connectivity index (χ1v) is 7.73. The zero-order valence-electron chi connectivity index (χ0n) is 10.6. The lowest BCUT2D eigenvalue weighted by Crippen LogP contribution is -2.29. The first-order chi connectivity index (χ1) is 9.13. The van der Waals surface area contributed by atoms with E-state index in [0.29, 0.717) is 0 Å². The van der Waals surface area contributed by atoms with Crippen LogP contribution in [-0.4, -0.2) is 0 Å². The lowest BCUT2D eigenvalue weighted by molar-refractivity contribution is 0.550. The maximum absolute atomic E-state index is 13.1. The van der Waals surface area contributed by atoms with Crippen LogP contribution in [0, 0.1) is 5.82 Å². The Morgan fingerprint density at radius 3 is 2.63 bits per heavy atom. The smallest absolute Gasteiger partial charge is 0.124 e. The van der Waals surface area contributed by atoms with E-state index in [9.17, 15) is 4.39 Å². The third-order valence-electron chi connectivity index (χ3n) is 3.01. The molecule has 19 heavy (non-hydrogen) atoms. The van der Waals surface area contributed by atoms with Gasteiger partial charge in [0.25, 0.3) is 0 Å². The van der Waals surface area contributed by atoms with Gasteiger partial charge in [-0.05, 0) is 36.2 Å². The van der Waals surface area contributed by atoms with Crippen molar-refractivity contribution in [1.29, 1.82) is 0 Å². The van der Waals surface area contributed by atoms with Crippen LogP contribution in [0.4, 0.5) is 4.39 Å². The average molecular weight is 343 g/mol. The Balaban J connectivity index is 2.19. The molecule has 0 bridgehead atoms. The molecular formula is C14H16BrFN2S. The van der Waals surface area contributed by atoms with Crippen LogP contribution in [0.3, 0.4) is 0 Å². The summed E-state index contributed by atoms with van der Waals surface area (Å²) in [5, 5.41) is 0. The molecule has 0 saturated heterocycles. The molecule has 1 unspecified atom stereocenters. The molecule has 1 heterocycles. The molecule has 0 radical (unpaired) electrons. The van der Waals surface area contributed by atoms with Crippen LogP contribution in [-0.2, 0) is 12.8 Å². The first-order valence-electron chi connectivity index (χ1n) is 6.12. The summed E-state index contributed by atoms with van der Waals surface area (Å²) in [6.45, 7) is 2.14. The summed E-state index contributed by atoms with van der Waals surface area (Å²) in [5.41, 5.74) is 3.78. The fourth-order valence-corrected chi connectivity index (χ4v) is 3.60. The Hall–Kier alpha value is -0.750. The lowest BCUT2D eigenvalue weighted by atomic mass is 10.0. The molecule has 0 aliphatic carbocycles. The Kier molecular flexibility index (Phi) is 5.10. The second-order valence-corrected chi connectivity index (χ2v) is 6.42. The van der Waals surface area contributed by atoms with Crippen molar-refractivity contribution in [3.63, 3.8) is 0 Å². The molecule has 1 aromatic carbocycles. The van der Waals surface area contributed by atoms with E-state index in [1.54, 1.807) is 17.4 Å². The monoisotopic (exact) mass is 342 g/mol. The van der Waals surface area contributed by atoms with Crippen LogP contribution < -0.4 is 11.3 Å². The van der Waals surface area contributed by atoms with Gasteiger partial charge in [-0.25, -0.2) is 4.39 Å². The van der Waals surface area contributed by atoms with Crippen molar-refractivity contribution in [2.24, 2.45) is 5.84 Å². The third-order valence-corrected chi connectivity index (χ3v) is 4.95. The van der Waals surface area contributed by atoms with E-state index in [0.717, 1.165) is 22.9 Å². The molecule has 0 saturated carbocycles. The quantitative estimate of drug-likeness (QED) is 0.637. The first kappa shape index (κ1) is 14.7.